The van der Waals surface area contributed by atoms with Gasteiger partial charge in [-0.3, -0.25) is 19.4 Å². The van der Waals surface area contributed by atoms with Crippen LogP contribution in [0.3, 0.4) is 0 Å². The molecule has 2 aliphatic heterocycles. The van der Waals surface area contributed by atoms with Crippen LogP contribution < -0.4 is 0 Å². The Morgan fingerprint density at radius 2 is 2.11 bits per heavy atom. The van der Waals surface area contributed by atoms with Gasteiger partial charge in [0.05, 0.1) is 30.4 Å². The fraction of sp³-hybridized carbons (Fsp3) is 0.550. The quantitative estimate of drug-likeness (QED) is 0.805. The number of fused-ring (bicyclic) bond motifs is 1. The first-order chi connectivity index (χ1) is 13.2. The summed E-state index contributed by atoms with van der Waals surface area (Å²) < 4.78 is 7.56. The zero-order valence-corrected chi connectivity index (χ0v) is 15.8. The second kappa shape index (κ2) is 8.19. The number of nitrogens with zero attached hydrogens (tertiary/aromatic N) is 5. The molecule has 1 saturated heterocycles. The molecule has 1 fully saturated rings. The molecule has 1 amide bonds. The van der Waals surface area contributed by atoms with E-state index in [0.29, 0.717) is 19.0 Å². The molecule has 1 atom stereocenters. The normalized spacial score (nSPS) is 21.0. The lowest BCUT2D eigenvalue weighted by Crippen LogP contribution is -2.46. The van der Waals surface area contributed by atoms with E-state index >= 15 is 0 Å². The summed E-state index contributed by atoms with van der Waals surface area (Å²) in [7, 11) is 1.85. The van der Waals surface area contributed by atoms with Crippen LogP contribution in [0.1, 0.15) is 36.7 Å². The van der Waals surface area contributed by atoms with Crippen LogP contribution in [-0.2, 0) is 22.6 Å². The summed E-state index contributed by atoms with van der Waals surface area (Å²) in [6.07, 6.45) is 6.19. The van der Waals surface area contributed by atoms with E-state index < -0.39 is 0 Å². The Morgan fingerprint density at radius 1 is 1.26 bits per heavy atom. The monoisotopic (exact) mass is 369 g/mol. The molecule has 4 rings (SSSR count). The van der Waals surface area contributed by atoms with Crippen molar-refractivity contribution >= 4 is 5.91 Å². The van der Waals surface area contributed by atoms with Gasteiger partial charge in [-0.25, -0.2) is 0 Å². The number of pyridine rings is 1. The summed E-state index contributed by atoms with van der Waals surface area (Å²) in [6, 6.07) is 8.46. The van der Waals surface area contributed by atoms with E-state index in [2.05, 4.69) is 21.0 Å². The molecule has 7 nitrogen and oxygen atoms in total. The number of aromatic nitrogens is 3. The first-order valence-electron chi connectivity index (χ1n) is 9.69. The van der Waals surface area contributed by atoms with Gasteiger partial charge < -0.3 is 9.64 Å². The fourth-order valence-corrected chi connectivity index (χ4v) is 4.08. The van der Waals surface area contributed by atoms with Crippen molar-refractivity contribution in [1.82, 2.24) is 24.6 Å². The van der Waals surface area contributed by atoms with Crippen LogP contribution in [0.4, 0.5) is 0 Å². The maximum absolute atomic E-state index is 12.8. The van der Waals surface area contributed by atoms with E-state index in [-0.39, 0.29) is 11.9 Å². The molecule has 0 spiro atoms. The second-order valence-electron chi connectivity index (χ2n) is 7.47. The van der Waals surface area contributed by atoms with Gasteiger partial charge in [-0.2, -0.15) is 5.10 Å². The minimum Gasteiger partial charge on any atom is -0.381 e. The summed E-state index contributed by atoms with van der Waals surface area (Å²) in [6.45, 7) is 3.96. The molecule has 2 aromatic heterocycles. The second-order valence-corrected chi connectivity index (χ2v) is 7.47. The minimum absolute atomic E-state index is 0.0743. The van der Waals surface area contributed by atoms with Crippen molar-refractivity contribution in [3.8, 4) is 0 Å². The topological polar surface area (TPSA) is 63.5 Å². The average Bonchev–Trinajstić information content (AvgIpc) is 3.18. The van der Waals surface area contributed by atoms with E-state index in [0.717, 1.165) is 44.8 Å². The Labute approximate surface area is 159 Å². The molecule has 7 heteroatoms. The van der Waals surface area contributed by atoms with Crippen molar-refractivity contribution in [3.05, 3.63) is 48.0 Å². The van der Waals surface area contributed by atoms with Gasteiger partial charge in [-0.15, -0.1) is 0 Å². The maximum Gasteiger partial charge on any atom is 0.224 e. The predicted molar refractivity (Wildman–Crippen MR) is 101 cm³/mol. The maximum atomic E-state index is 12.8. The molecule has 2 aromatic rings. The molecular formula is C20H27N5O2. The van der Waals surface area contributed by atoms with Gasteiger partial charge in [0.25, 0.3) is 0 Å². The molecule has 0 bridgehead atoms. The standard InChI is InChI=1S/C20H27N5O2/c1-23(13-16-4-2-3-8-21-16)20(26)12-19-15-24(17-6-10-27-11-7-17)14-18-5-9-22-25(18)19/h2-5,8-9,17,19H,6-7,10-15H2,1H3/t19-/m0/s1. The lowest BCUT2D eigenvalue weighted by Gasteiger charge is -2.40. The van der Waals surface area contributed by atoms with Gasteiger partial charge in [0.15, 0.2) is 0 Å². The number of ether oxygens (including phenoxy) is 1. The molecule has 4 heterocycles. The van der Waals surface area contributed by atoms with Crippen molar-refractivity contribution in [2.75, 3.05) is 26.8 Å². The Balaban J connectivity index is 1.43. The van der Waals surface area contributed by atoms with Gasteiger partial charge in [-0.05, 0) is 31.0 Å². The molecule has 0 aliphatic carbocycles. The van der Waals surface area contributed by atoms with Crippen molar-refractivity contribution in [2.45, 2.75) is 44.4 Å². The lowest BCUT2D eigenvalue weighted by atomic mass is 10.0. The molecule has 144 valence electrons. The van der Waals surface area contributed by atoms with Crippen molar-refractivity contribution in [2.24, 2.45) is 0 Å². The fourth-order valence-electron chi connectivity index (χ4n) is 4.08. The smallest absolute Gasteiger partial charge is 0.224 e. The minimum atomic E-state index is 0.0743. The Bertz CT molecular complexity index is 757. The summed E-state index contributed by atoms with van der Waals surface area (Å²) in [5.74, 6) is 0.126. The van der Waals surface area contributed by atoms with Gasteiger partial charge >= 0.3 is 0 Å². The molecular weight excluding hydrogens is 342 g/mol. The average molecular weight is 369 g/mol. The van der Waals surface area contributed by atoms with E-state index in [1.165, 1.54) is 5.69 Å². The third kappa shape index (κ3) is 4.20. The number of amides is 1. The summed E-state index contributed by atoms with van der Waals surface area (Å²) in [4.78, 5) is 21.4. The Kier molecular flexibility index (Phi) is 5.50. The number of hydrogen-bond acceptors (Lipinski definition) is 5. The van der Waals surface area contributed by atoms with Gasteiger partial charge in [0, 0.05) is 51.8 Å². The molecule has 27 heavy (non-hydrogen) atoms. The van der Waals surface area contributed by atoms with Crippen LogP contribution >= 0.6 is 0 Å². The van der Waals surface area contributed by atoms with Crippen molar-refractivity contribution in [3.63, 3.8) is 0 Å². The van der Waals surface area contributed by atoms with E-state index in [1.54, 1.807) is 11.1 Å². The zero-order chi connectivity index (χ0) is 18.6. The third-order valence-electron chi connectivity index (χ3n) is 5.58. The SMILES string of the molecule is CN(Cc1ccccn1)C(=O)C[C@H]1CN(C2CCOCC2)Cc2ccnn21. The van der Waals surface area contributed by atoms with E-state index in [1.807, 2.05) is 36.1 Å². The molecule has 2 aliphatic rings. The summed E-state index contributed by atoms with van der Waals surface area (Å²) in [5, 5.41) is 4.50. The van der Waals surface area contributed by atoms with Crippen LogP contribution in [0.2, 0.25) is 0 Å². The first kappa shape index (κ1) is 18.1. The summed E-state index contributed by atoms with van der Waals surface area (Å²) in [5.41, 5.74) is 2.10. The van der Waals surface area contributed by atoms with E-state index in [4.69, 9.17) is 4.74 Å². The largest absolute Gasteiger partial charge is 0.381 e. The highest BCUT2D eigenvalue weighted by atomic mass is 16.5. The zero-order valence-electron chi connectivity index (χ0n) is 15.8. The van der Waals surface area contributed by atoms with Crippen molar-refractivity contribution < 1.29 is 9.53 Å². The Morgan fingerprint density at radius 3 is 2.89 bits per heavy atom. The molecule has 0 N–H and O–H groups in total. The molecule has 0 radical (unpaired) electrons. The highest BCUT2D eigenvalue weighted by Gasteiger charge is 2.32. The van der Waals surface area contributed by atoms with Crippen molar-refractivity contribution in [1.29, 1.82) is 0 Å². The van der Waals surface area contributed by atoms with E-state index in [9.17, 15) is 4.79 Å². The number of carbonyl (C=O) groups is 1. The predicted octanol–water partition coefficient (Wildman–Crippen LogP) is 1.86. The van der Waals surface area contributed by atoms with Gasteiger partial charge in [0.2, 0.25) is 5.91 Å². The molecule has 0 saturated carbocycles. The van der Waals surface area contributed by atoms with Gasteiger partial charge in [0.1, 0.15) is 0 Å². The highest BCUT2D eigenvalue weighted by molar-refractivity contribution is 5.76. The van der Waals surface area contributed by atoms with Crippen LogP contribution in [0, 0.1) is 0 Å². The Hall–Kier alpha value is -2.25. The van der Waals surface area contributed by atoms with Crippen LogP contribution in [0.15, 0.2) is 36.7 Å². The van der Waals surface area contributed by atoms with Gasteiger partial charge in [-0.1, -0.05) is 6.07 Å². The number of rotatable bonds is 5. The molecule has 0 unspecified atom stereocenters. The third-order valence-corrected chi connectivity index (χ3v) is 5.58. The summed E-state index contributed by atoms with van der Waals surface area (Å²) >= 11 is 0. The highest BCUT2D eigenvalue weighted by Crippen LogP contribution is 2.28. The van der Waals surface area contributed by atoms with Crippen LogP contribution in [0.25, 0.3) is 0 Å². The molecule has 0 aromatic carbocycles. The first-order valence-corrected chi connectivity index (χ1v) is 9.69. The lowest BCUT2D eigenvalue weighted by molar-refractivity contribution is -0.131. The van der Waals surface area contributed by atoms with Crippen LogP contribution in [-0.4, -0.2) is 63.3 Å². The van der Waals surface area contributed by atoms with Crippen LogP contribution in [0.5, 0.6) is 0 Å². The number of carbonyl (C=O) groups excluding carboxylic acids is 1. The number of hydrogen-bond donors (Lipinski definition) is 0.